The molecule has 3 aromatic rings. The molecule has 26 heavy (non-hydrogen) atoms. The van der Waals surface area contributed by atoms with Crippen LogP contribution < -0.4 is 10.4 Å². The maximum absolute atomic E-state index is 12.1. The predicted molar refractivity (Wildman–Crippen MR) is 101 cm³/mol. The lowest BCUT2D eigenvalue weighted by atomic mass is 10.2. The van der Waals surface area contributed by atoms with Gasteiger partial charge in [-0.05, 0) is 36.2 Å². The molecule has 0 bridgehead atoms. The number of nitrogens with zero attached hydrogens (tertiary/aromatic N) is 3. The molecule has 0 aliphatic carbocycles. The molecule has 1 aromatic carbocycles. The average Bonchev–Trinajstić information content (AvgIpc) is 2.91. The van der Waals surface area contributed by atoms with E-state index in [2.05, 4.69) is 9.82 Å². The van der Waals surface area contributed by atoms with Crippen molar-refractivity contribution in [3.63, 3.8) is 0 Å². The Kier molecular flexibility index (Phi) is 5.67. The van der Waals surface area contributed by atoms with E-state index in [0.29, 0.717) is 34.2 Å². The zero-order valence-corrected chi connectivity index (χ0v) is 15.9. The summed E-state index contributed by atoms with van der Waals surface area (Å²) in [7, 11) is -3.52. The molecular weight excluding hydrogens is 399 g/mol. The first-order valence-corrected chi connectivity index (χ1v) is 10.2. The van der Waals surface area contributed by atoms with E-state index in [0.717, 1.165) is 0 Å². The molecule has 0 amide bonds. The van der Waals surface area contributed by atoms with Gasteiger partial charge in [-0.25, -0.2) is 22.6 Å². The number of hydrogen-bond donors (Lipinski definition) is 1. The fourth-order valence-electron chi connectivity index (χ4n) is 2.47. The molecule has 3 rings (SSSR count). The smallest absolute Gasteiger partial charge is 0.250 e. The molecule has 138 valence electrons. The Hall–Kier alpha value is -1.87. The number of halogens is 2. The number of sulfonamides is 1. The van der Waals surface area contributed by atoms with Gasteiger partial charge in [0, 0.05) is 19.3 Å². The summed E-state index contributed by atoms with van der Waals surface area (Å²) in [5, 5.41) is 4.88. The topological polar surface area (TPSA) is 85.5 Å². The molecule has 0 radical (unpaired) electrons. The van der Waals surface area contributed by atoms with Crippen LogP contribution in [0.3, 0.4) is 0 Å². The molecule has 0 saturated carbocycles. The standard InChI is InChI=1S/C16H16Cl2N4O3S/c17-13-6-5-12(10-14(13)18)11-26(24,25)19-7-3-9-22-16(23)21-8-2-1-4-15(21)20-22/h1-2,4-6,8,10,19H,3,7,9,11H2. The highest BCUT2D eigenvalue weighted by atomic mass is 35.5. The second-order valence-electron chi connectivity index (χ2n) is 5.69. The molecule has 2 aromatic heterocycles. The highest BCUT2D eigenvalue weighted by Crippen LogP contribution is 2.23. The summed E-state index contributed by atoms with van der Waals surface area (Å²) in [6.07, 6.45) is 2.07. The monoisotopic (exact) mass is 414 g/mol. The van der Waals surface area contributed by atoms with Gasteiger partial charge in [0.25, 0.3) is 0 Å². The average molecular weight is 415 g/mol. The molecular formula is C16H16Cl2N4O3S. The van der Waals surface area contributed by atoms with Gasteiger partial charge in [-0.3, -0.25) is 4.40 Å². The lowest BCUT2D eigenvalue weighted by Gasteiger charge is -2.07. The van der Waals surface area contributed by atoms with Crippen LogP contribution >= 0.6 is 23.2 Å². The summed E-state index contributed by atoms with van der Waals surface area (Å²) < 4.78 is 29.6. The van der Waals surface area contributed by atoms with Gasteiger partial charge in [0.1, 0.15) is 0 Å². The fourth-order valence-corrected chi connectivity index (χ4v) is 3.97. The quantitative estimate of drug-likeness (QED) is 0.601. The molecule has 0 atom stereocenters. The van der Waals surface area contributed by atoms with Crippen LogP contribution in [0.2, 0.25) is 10.0 Å². The molecule has 0 fully saturated rings. The Morgan fingerprint density at radius 3 is 2.65 bits per heavy atom. The van der Waals surface area contributed by atoms with Gasteiger partial charge in [-0.1, -0.05) is 35.3 Å². The molecule has 0 unspecified atom stereocenters. The Balaban J connectivity index is 1.55. The van der Waals surface area contributed by atoms with Gasteiger partial charge < -0.3 is 0 Å². The SMILES string of the molecule is O=c1n(CCCNS(=O)(=O)Cc2ccc(Cl)c(Cl)c2)nc2ccccn12. The molecule has 0 saturated heterocycles. The first-order chi connectivity index (χ1) is 12.4. The van der Waals surface area contributed by atoms with E-state index in [9.17, 15) is 13.2 Å². The molecule has 0 aliphatic heterocycles. The van der Waals surface area contributed by atoms with Crippen molar-refractivity contribution in [3.05, 3.63) is 68.7 Å². The Bertz CT molecular complexity index is 1090. The maximum atomic E-state index is 12.1. The third-order valence-corrected chi connectivity index (χ3v) is 5.79. The zero-order chi connectivity index (χ0) is 18.7. The molecule has 0 spiro atoms. The van der Waals surface area contributed by atoms with E-state index >= 15 is 0 Å². The first kappa shape index (κ1) is 18.9. The minimum atomic E-state index is -3.52. The Morgan fingerprint density at radius 2 is 1.92 bits per heavy atom. The Morgan fingerprint density at radius 1 is 1.12 bits per heavy atom. The summed E-state index contributed by atoms with van der Waals surface area (Å²) in [5.74, 6) is -0.196. The highest BCUT2D eigenvalue weighted by molar-refractivity contribution is 7.88. The molecule has 10 heteroatoms. The van der Waals surface area contributed by atoms with Crippen molar-refractivity contribution < 1.29 is 8.42 Å². The number of hydrogen-bond acceptors (Lipinski definition) is 4. The normalized spacial score (nSPS) is 11.9. The maximum Gasteiger partial charge on any atom is 0.350 e. The summed E-state index contributed by atoms with van der Waals surface area (Å²) >= 11 is 11.7. The predicted octanol–water partition coefficient (Wildman–Crippen LogP) is 2.31. The highest BCUT2D eigenvalue weighted by Gasteiger charge is 2.12. The number of aromatic nitrogens is 3. The van der Waals surface area contributed by atoms with E-state index in [1.165, 1.54) is 15.1 Å². The third-order valence-electron chi connectivity index (χ3n) is 3.70. The van der Waals surface area contributed by atoms with Crippen LogP contribution in [0.15, 0.2) is 47.4 Å². The summed E-state index contributed by atoms with van der Waals surface area (Å²) in [6, 6.07) is 9.98. The molecule has 1 N–H and O–H groups in total. The Labute approximate surface area is 160 Å². The summed E-state index contributed by atoms with van der Waals surface area (Å²) in [6.45, 7) is 0.514. The van der Waals surface area contributed by atoms with Crippen LogP contribution in [0.5, 0.6) is 0 Å². The summed E-state index contributed by atoms with van der Waals surface area (Å²) in [4.78, 5) is 12.1. The van der Waals surface area contributed by atoms with E-state index in [-0.39, 0.29) is 18.0 Å². The van der Waals surface area contributed by atoms with Crippen molar-refractivity contribution in [2.24, 2.45) is 0 Å². The van der Waals surface area contributed by atoms with Crippen LogP contribution in [-0.4, -0.2) is 29.1 Å². The number of nitrogens with one attached hydrogen (secondary N) is 1. The fraction of sp³-hybridized carbons (Fsp3) is 0.250. The van der Waals surface area contributed by atoms with Crippen molar-refractivity contribution in [1.82, 2.24) is 18.9 Å². The summed E-state index contributed by atoms with van der Waals surface area (Å²) in [5.41, 5.74) is 0.848. The van der Waals surface area contributed by atoms with Crippen molar-refractivity contribution in [3.8, 4) is 0 Å². The van der Waals surface area contributed by atoms with Crippen LogP contribution in [0.4, 0.5) is 0 Å². The van der Waals surface area contributed by atoms with Crippen LogP contribution in [-0.2, 0) is 22.3 Å². The van der Waals surface area contributed by atoms with Gasteiger partial charge in [-0.2, -0.15) is 0 Å². The van der Waals surface area contributed by atoms with Gasteiger partial charge >= 0.3 is 5.69 Å². The van der Waals surface area contributed by atoms with Crippen molar-refractivity contribution in [2.75, 3.05) is 6.54 Å². The van der Waals surface area contributed by atoms with E-state index in [4.69, 9.17) is 23.2 Å². The number of benzene rings is 1. The number of fused-ring (bicyclic) bond motifs is 1. The van der Waals surface area contributed by atoms with Crippen molar-refractivity contribution in [2.45, 2.75) is 18.7 Å². The van der Waals surface area contributed by atoms with Crippen molar-refractivity contribution >= 4 is 38.9 Å². The van der Waals surface area contributed by atoms with Gasteiger partial charge in [-0.15, -0.1) is 5.10 Å². The van der Waals surface area contributed by atoms with Crippen LogP contribution in [0.1, 0.15) is 12.0 Å². The molecule has 7 nitrogen and oxygen atoms in total. The minimum absolute atomic E-state index is 0.196. The molecule has 0 aliphatic rings. The second-order valence-corrected chi connectivity index (χ2v) is 8.31. The molecule has 2 heterocycles. The number of pyridine rings is 1. The van der Waals surface area contributed by atoms with E-state index in [1.807, 2.05) is 0 Å². The van der Waals surface area contributed by atoms with Gasteiger partial charge in [0.05, 0.1) is 15.8 Å². The second kappa shape index (κ2) is 7.79. The van der Waals surface area contributed by atoms with Crippen LogP contribution in [0, 0.1) is 0 Å². The number of rotatable bonds is 7. The van der Waals surface area contributed by atoms with E-state index in [1.54, 1.807) is 36.5 Å². The minimum Gasteiger partial charge on any atom is -0.250 e. The van der Waals surface area contributed by atoms with E-state index < -0.39 is 10.0 Å². The lowest BCUT2D eigenvalue weighted by Crippen LogP contribution is -2.28. The first-order valence-electron chi connectivity index (χ1n) is 7.81. The van der Waals surface area contributed by atoms with Crippen molar-refractivity contribution in [1.29, 1.82) is 0 Å². The lowest BCUT2D eigenvalue weighted by molar-refractivity contribution is 0.543. The largest absolute Gasteiger partial charge is 0.350 e. The van der Waals surface area contributed by atoms with Gasteiger partial charge in [0.2, 0.25) is 10.0 Å². The third kappa shape index (κ3) is 4.45. The van der Waals surface area contributed by atoms with Gasteiger partial charge in [0.15, 0.2) is 5.65 Å². The number of aryl methyl sites for hydroxylation is 1. The van der Waals surface area contributed by atoms with Crippen LogP contribution in [0.25, 0.3) is 5.65 Å². The zero-order valence-electron chi connectivity index (χ0n) is 13.6.